The Morgan fingerprint density at radius 3 is 2.35 bits per heavy atom. The van der Waals surface area contributed by atoms with E-state index in [4.69, 9.17) is 4.74 Å². The molecule has 2 aliphatic heterocycles. The molecule has 0 radical (unpaired) electrons. The van der Waals surface area contributed by atoms with Crippen molar-refractivity contribution in [2.24, 2.45) is 4.99 Å². The van der Waals surface area contributed by atoms with Crippen molar-refractivity contribution in [2.45, 2.75) is 26.7 Å². The van der Waals surface area contributed by atoms with Gasteiger partial charge in [0.25, 0.3) is 0 Å². The molecule has 0 atom stereocenters. The van der Waals surface area contributed by atoms with Crippen molar-refractivity contribution >= 4 is 23.9 Å². The van der Waals surface area contributed by atoms with Crippen LogP contribution in [0.15, 0.2) is 41.3 Å². The molecule has 0 N–H and O–H groups in total. The summed E-state index contributed by atoms with van der Waals surface area (Å²) in [6, 6.07) is 5.98. The van der Waals surface area contributed by atoms with Gasteiger partial charge in [-0.15, -0.1) is 0 Å². The average molecular weight is 348 g/mol. The van der Waals surface area contributed by atoms with Crippen LogP contribution in [0.1, 0.15) is 35.1 Å². The van der Waals surface area contributed by atoms with E-state index in [-0.39, 0.29) is 5.70 Å². The van der Waals surface area contributed by atoms with Gasteiger partial charge in [0.1, 0.15) is 0 Å². The minimum absolute atomic E-state index is 0.261. The van der Waals surface area contributed by atoms with Crippen molar-refractivity contribution in [1.82, 2.24) is 9.97 Å². The molecule has 2 aromatic rings. The maximum absolute atomic E-state index is 12.2. The van der Waals surface area contributed by atoms with Gasteiger partial charge in [0.05, 0.1) is 0 Å². The lowest BCUT2D eigenvalue weighted by Crippen LogP contribution is -2.20. The fourth-order valence-electron chi connectivity index (χ4n) is 3.27. The number of carbonyl (C=O) groups is 1. The number of cyclic esters (lactones) is 1. The average Bonchev–Trinajstić information content (AvgIpc) is 3.25. The molecule has 1 aromatic carbocycles. The Labute approximate surface area is 152 Å². The van der Waals surface area contributed by atoms with Crippen LogP contribution in [0.4, 0.5) is 5.95 Å². The van der Waals surface area contributed by atoms with E-state index in [2.05, 4.69) is 25.9 Å². The summed E-state index contributed by atoms with van der Waals surface area (Å²) in [5.74, 6) is 0.614. The van der Waals surface area contributed by atoms with Crippen molar-refractivity contribution in [3.05, 3.63) is 58.5 Å². The van der Waals surface area contributed by atoms with Crippen molar-refractivity contribution in [2.75, 3.05) is 18.0 Å². The third-order valence-corrected chi connectivity index (χ3v) is 4.44. The number of benzene rings is 1. The van der Waals surface area contributed by atoms with E-state index >= 15 is 0 Å². The topological polar surface area (TPSA) is 67.7 Å². The van der Waals surface area contributed by atoms with Crippen LogP contribution in [0, 0.1) is 13.8 Å². The molecule has 2 aliphatic rings. The summed E-state index contributed by atoms with van der Waals surface area (Å²) in [6.07, 6.45) is 7.44. The molecule has 0 bridgehead atoms. The standard InChI is InChI=1S/C20H20N4O2/c1-13-7-14(2)9-16(8-13)18-23-17(19(25)26-18)10-15-11-21-20(22-12-15)24-5-3-4-6-24/h7-12H,3-6H2,1-2H3/b17-10+. The van der Waals surface area contributed by atoms with E-state index < -0.39 is 5.97 Å². The third-order valence-electron chi connectivity index (χ3n) is 4.44. The number of aryl methyl sites for hydroxylation is 2. The lowest BCUT2D eigenvalue weighted by molar-refractivity contribution is -0.129. The van der Waals surface area contributed by atoms with E-state index in [0.29, 0.717) is 5.90 Å². The Morgan fingerprint density at radius 1 is 1.04 bits per heavy atom. The molecule has 6 nitrogen and oxygen atoms in total. The Bertz CT molecular complexity index is 890. The molecule has 1 saturated heterocycles. The third kappa shape index (κ3) is 3.35. The molecule has 3 heterocycles. The van der Waals surface area contributed by atoms with E-state index in [1.54, 1.807) is 18.5 Å². The number of esters is 1. The molecule has 26 heavy (non-hydrogen) atoms. The van der Waals surface area contributed by atoms with E-state index in [9.17, 15) is 4.79 Å². The second kappa shape index (κ2) is 6.71. The van der Waals surface area contributed by atoms with Gasteiger partial charge in [0.2, 0.25) is 11.8 Å². The first-order valence-corrected chi connectivity index (χ1v) is 8.77. The molecular formula is C20H20N4O2. The fraction of sp³-hybridized carbons (Fsp3) is 0.300. The van der Waals surface area contributed by atoms with Gasteiger partial charge < -0.3 is 9.64 Å². The molecule has 4 rings (SSSR count). The second-order valence-corrected chi connectivity index (χ2v) is 6.72. The summed E-state index contributed by atoms with van der Waals surface area (Å²) in [4.78, 5) is 27.5. The smallest absolute Gasteiger partial charge is 0.363 e. The highest BCUT2D eigenvalue weighted by Gasteiger charge is 2.24. The summed E-state index contributed by atoms with van der Waals surface area (Å²) in [5.41, 5.74) is 3.99. The normalized spacial score (nSPS) is 18.4. The van der Waals surface area contributed by atoms with Gasteiger partial charge >= 0.3 is 5.97 Å². The van der Waals surface area contributed by atoms with Gasteiger partial charge in [-0.05, 0) is 44.9 Å². The monoisotopic (exact) mass is 348 g/mol. The van der Waals surface area contributed by atoms with Crippen LogP contribution >= 0.6 is 0 Å². The number of nitrogens with zero attached hydrogens (tertiary/aromatic N) is 4. The zero-order valence-corrected chi connectivity index (χ0v) is 14.9. The minimum atomic E-state index is -0.456. The number of hydrogen-bond donors (Lipinski definition) is 0. The van der Waals surface area contributed by atoms with Gasteiger partial charge in [-0.2, -0.15) is 0 Å². The Hall–Kier alpha value is -3.02. The number of aromatic nitrogens is 2. The molecule has 6 heteroatoms. The number of hydrogen-bond acceptors (Lipinski definition) is 6. The Morgan fingerprint density at radius 2 is 1.69 bits per heavy atom. The van der Waals surface area contributed by atoms with E-state index in [1.807, 2.05) is 26.0 Å². The second-order valence-electron chi connectivity index (χ2n) is 6.72. The first-order chi connectivity index (χ1) is 12.6. The summed E-state index contributed by atoms with van der Waals surface area (Å²) in [6.45, 7) is 6.00. The fourth-order valence-corrected chi connectivity index (χ4v) is 3.27. The van der Waals surface area contributed by atoms with Crippen molar-refractivity contribution < 1.29 is 9.53 Å². The quantitative estimate of drug-likeness (QED) is 0.630. The van der Waals surface area contributed by atoms with Crippen LogP contribution in [0.2, 0.25) is 0 Å². The number of ether oxygens (including phenoxy) is 1. The van der Waals surface area contributed by atoms with Crippen LogP contribution in [-0.4, -0.2) is 34.9 Å². The lowest BCUT2D eigenvalue weighted by Gasteiger charge is -2.14. The molecule has 0 saturated carbocycles. The predicted molar refractivity (Wildman–Crippen MR) is 100 cm³/mol. The summed E-state index contributed by atoms with van der Waals surface area (Å²) < 4.78 is 5.34. The van der Waals surface area contributed by atoms with Crippen LogP contribution in [0.3, 0.4) is 0 Å². The van der Waals surface area contributed by atoms with Gasteiger partial charge in [-0.3, -0.25) is 0 Å². The molecule has 0 unspecified atom stereocenters. The maximum atomic E-state index is 12.2. The molecule has 0 amide bonds. The van der Waals surface area contributed by atoms with E-state index in [1.165, 1.54) is 12.8 Å². The van der Waals surface area contributed by atoms with Crippen LogP contribution in [-0.2, 0) is 9.53 Å². The lowest BCUT2D eigenvalue weighted by atomic mass is 10.1. The largest absolute Gasteiger partial charge is 0.402 e. The Kier molecular flexibility index (Phi) is 4.24. The summed E-state index contributed by atoms with van der Waals surface area (Å²) in [5, 5.41) is 0. The van der Waals surface area contributed by atoms with Gasteiger partial charge in [0.15, 0.2) is 5.70 Å². The van der Waals surface area contributed by atoms with Crippen molar-refractivity contribution in [1.29, 1.82) is 0 Å². The molecule has 1 fully saturated rings. The van der Waals surface area contributed by atoms with Gasteiger partial charge in [-0.25, -0.2) is 19.8 Å². The summed E-state index contributed by atoms with van der Waals surface area (Å²) >= 11 is 0. The first-order valence-electron chi connectivity index (χ1n) is 8.77. The number of carbonyl (C=O) groups excluding carboxylic acids is 1. The van der Waals surface area contributed by atoms with Crippen molar-refractivity contribution in [3.8, 4) is 0 Å². The highest BCUT2D eigenvalue weighted by atomic mass is 16.6. The zero-order chi connectivity index (χ0) is 18.1. The molecule has 1 aromatic heterocycles. The molecule has 0 spiro atoms. The molecule has 0 aliphatic carbocycles. The Balaban J connectivity index is 1.58. The van der Waals surface area contributed by atoms with Gasteiger partial charge in [0, 0.05) is 36.6 Å². The van der Waals surface area contributed by atoms with Crippen LogP contribution < -0.4 is 4.90 Å². The number of rotatable bonds is 3. The highest BCUT2D eigenvalue weighted by Crippen LogP contribution is 2.21. The minimum Gasteiger partial charge on any atom is -0.402 e. The summed E-state index contributed by atoms with van der Waals surface area (Å²) in [7, 11) is 0. The zero-order valence-electron chi connectivity index (χ0n) is 14.9. The SMILES string of the molecule is Cc1cc(C)cc(C2=N/C(=C/c3cnc(N4CCCC4)nc3)C(=O)O2)c1. The maximum Gasteiger partial charge on any atom is 0.363 e. The van der Waals surface area contributed by atoms with Crippen molar-refractivity contribution in [3.63, 3.8) is 0 Å². The molecule has 132 valence electrons. The van der Waals surface area contributed by atoms with Crippen LogP contribution in [0.25, 0.3) is 6.08 Å². The molecular weight excluding hydrogens is 328 g/mol. The highest BCUT2D eigenvalue weighted by molar-refractivity contribution is 6.12. The number of aliphatic imine (C=N–C) groups is 1. The predicted octanol–water partition coefficient (Wildman–Crippen LogP) is 3.04. The first kappa shape index (κ1) is 16.4. The van der Waals surface area contributed by atoms with Crippen LogP contribution in [0.5, 0.6) is 0 Å². The number of anilines is 1. The van der Waals surface area contributed by atoms with Gasteiger partial charge in [-0.1, -0.05) is 17.2 Å². The van der Waals surface area contributed by atoms with E-state index in [0.717, 1.165) is 41.3 Å².